The molecule has 1 unspecified atom stereocenters. The molecule has 2 rings (SSSR count). The second kappa shape index (κ2) is 8.53. The van der Waals surface area contributed by atoms with Gasteiger partial charge in [0.15, 0.2) is 18.1 Å². The summed E-state index contributed by atoms with van der Waals surface area (Å²) in [7, 11) is 1.46. The highest BCUT2D eigenvalue weighted by Gasteiger charge is 2.14. The van der Waals surface area contributed by atoms with Crippen LogP contribution >= 0.6 is 15.9 Å². The molecule has 0 spiro atoms. The van der Waals surface area contributed by atoms with Crippen LogP contribution in [0.4, 0.5) is 0 Å². The topological polar surface area (TPSA) is 90.7 Å². The smallest absolute Gasteiger partial charge is 0.255 e. The average molecular weight is 407 g/mol. The maximum Gasteiger partial charge on any atom is 0.255 e. The van der Waals surface area contributed by atoms with Crippen molar-refractivity contribution in [1.29, 1.82) is 0 Å². The third-order valence-corrected chi connectivity index (χ3v) is 4.04. The zero-order valence-electron chi connectivity index (χ0n) is 13.9. The number of ether oxygens (including phenoxy) is 2. The van der Waals surface area contributed by atoms with Crippen LogP contribution in [0.25, 0.3) is 0 Å². The Hall–Kier alpha value is -2.54. The summed E-state index contributed by atoms with van der Waals surface area (Å²) in [4.78, 5) is 23.3. The van der Waals surface area contributed by atoms with E-state index in [9.17, 15) is 9.59 Å². The van der Waals surface area contributed by atoms with E-state index in [1.165, 1.54) is 7.11 Å². The Bertz CT molecular complexity index is 762. The predicted molar refractivity (Wildman–Crippen MR) is 97.7 cm³/mol. The number of carbonyl (C=O) groups excluding carboxylic acids is 2. The summed E-state index contributed by atoms with van der Waals surface area (Å²) >= 11 is 3.38. The molecular formula is C18H19BrN2O4. The molecule has 0 saturated carbocycles. The first-order valence-corrected chi connectivity index (χ1v) is 8.35. The highest BCUT2D eigenvalue weighted by Crippen LogP contribution is 2.28. The molecule has 0 saturated heterocycles. The number of primary amides is 1. The zero-order chi connectivity index (χ0) is 18.4. The Morgan fingerprint density at radius 3 is 2.44 bits per heavy atom. The molecule has 7 heteroatoms. The molecule has 0 aliphatic rings. The number of amides is 2. The largest absolute Gasteiger partial charge is 0.493 e. The summed E-state index contributed by atoms with van der Waals surface area (Å²) in [6.07, 6.45) is 0. The number of hydrogen-bond acceptors (Lipinski definition) is 4. The van der Waals surface area contributed by atoms with Crippen molar-refractivity contribution >= 4 is 27.7 Å². The summed E-state index contributed by atoms with van der Waals surface area (Å²) in [5.74, 6) is -0.133. The molecule has 2 amide bonds. The van der Waals surface area contributed by atoms with E-state index in [0.29, 0.717) is 17.1 Å². The van der Waals surface area contributed by atoms with Gasteiger partial charge in [0.05, 0.1) is 13.2 Å². The second-order valence-electron chi connectivity index (χ2n) is 5.37. The first-order valence-electron chi connectivity index (χ1n) is 7.56. The third-order valence-electron chi connectivity index (χ3n) is 3.51. The monoisotopic (exact) mass is 406 g/mol. The van der Waals surface area contributed by atoms with Crippen LogP contribution in [0, 0.1) is 0 Å². The quantitative estimate of drug-likeness (QED) is 0.739. The van der Waals surface area contributed by atoms with Gasteiger partial charge in [0.2, 0.25) is 0 Å². The molecule has 2 aromatic rings. The number of carbonyl (C=O) groups is 2. The number of rotatable bonds is 7. The van der Waals surface area contributed by atoms with Crippen molar-refractivity contribution in [3.63, 3.8) is 0 Å². The third kappa shape index (κ3) is 5.22. The maximum absolute atomic E-state index is 12.5. The van der Waals surface area contributed by atoms with Crippen molar-refractivity contribution in [2.24, 2.45) is 5.73 Å². The Morgan fingerprint density at radius 2 is 1.84 bits per heavy atom. The number of halogens is 1. The molecule has 6 nitrogen and oxygen atoms in total. The summed E-state index contributed by atoms with van der Waals surface area (Å²) in [6, 6.07) is 12.3. The van der Waals surface area contributed by atoms with Gasteiger partial charge in [0.25, 0.3) is 11.8 Å². The fourth-order valence-electron chi connectivity index (χ4n) is 2.19. The average Bonchev–Trinajstić information content (AvgIpc) is 2.60. The molecule has 25 heavy (non-hydrogen) atoms. The molecule has 0 aliphatic carbocycles. The fraction of sp³-hybridized carbons (Fsp3) is 0.222. The molecule has 0 radical (unpaired) electrons. The van der Waals surface area contributed by atoms with Gasteiger partial charge in [0.1, 0.15) is 0 Å². The van der Waals surface area contributed by atoms with E-state index in [0.717, 1.165) is 10.0 Å². The van der Waals surface area contributed by atoms with Crippen LogP contribution in [0.2, 0.25) is 0 Å². The van der Waals surface area contributed by atoms with Crippen LogP contribution in [0.5, 0.6) is 11.5 Å². The van der Waals surface area contributed by atoms with Gasteiger partial charge < -0.3 is 20.5 Å². The summed E-state index contributed by atoms with van der Waals surface area (Å²) in [6.45, 7) is 1.64. The van der Waals surface area contributed by atoms with Crippen molar-refractivity contribution in [2.75, 3.05) is 13.7 Å². The number of methoxy groups -OCH3 is 1. The number of nitrogens with one attached hydrogen (secondary N) is 1. The SMILES string of the molecule is COc1cc(C(=O)NC(C)c2ccc(Br)cc2)ccc1OCC(N)=O. The second-order valence-corrected chi connectivity index (χ2v) is 6.28. The number of benzene rings is 2. The van der Waals surface area contributed by atoms with Crippen LogP contribution in [-0.4, -0.2) is 25.5 Å². The van der Waals surface area contributed by atoms with Crippen LogP contribution in [0.1, 0.15) is 28.9 Å². The van der Waals surface area contributed by atoms with Crippen LogP contribution < -0.4 is 20.5 Å². The summed E-state index contributed by atoms with van der Waals surface area (Å²) in [5, 5.41) is 2.93. The normalized spacial score (nSPS) is 11.5. The lowest BCUT2D eigenvalue weighted by Crippen LogP contribution is -2.26. The fourth-order valence-corrected chi connectivity index (χ4v) is 2.46. The van der Waals surface area contributed by atoms with Gasteiger partial charge in [-0.1, -0.05) is 28.1 Å². The molecule has 0 fully saturated rings. The molecule has 0 aromatic heterocycles. The standard InChI is InChI=1S/C18H19BrN2O4/c1-11(12-3-6-14(19)7-4-12)21-18(23)13-5-8-15(16(9-13)24-2)25-10-17(20)22/h3-9,11H,10H2,1-2H3,(H2,20,22)(H,21,23). The Morgan fingerprint density at radius 1 is 1.16 bits per heavy atom. The van der Waals surface area contributed by atoms with Crippen molar-refractivity contribution < 1.29 is 19.1 Å². The molecule has 3 N–H and O–H groups in total. The van der Waals surface area contributed by atoms with E-state index < -0.39 is 5.91 Å². The molecule has 1 atom stereocenters. The van der Waals surface area contributed by atoms with Gasteiger partial charge in [-0.3, -0.25) is 9.59 Å². The minimum absolute atomic E-state index is 0.155. The highest BCUT2D eigenvalue weighted by molar-refractivity contribution is 9.10. The van der Waals surface area contributed by atoms with Gasteiger partial charge in [-0.2, -0.15) is 0 Å². The van der Waals surface area contributed by atoms with Crippen LogP contribution in [0.3, 0.4) is 0 Å². The van der Waals surface area contributed by atoms with Crippen molar-refractivity contribution in [3.05, 3.63) is 58.1 Å². The van der Waals surface area contributed by atoms with E-state index in [-0.39, 0.29) is 18.6 Å². The van der Waals surface area contributed by atoms with E-state index in [1.54, 1.807) is 18.2 Å². The Kier molecular flexibility index (Phi) is 6.41. The Labute approximate surface area is 154 Å². The first kappa shape index (κ1) is 18.8. The lowest BCUT2D eigenvalue weighted by atomic mass is 10.1. The first-order chi connectivity index (χ1) is 11.9. The van der Waals surface area contributed by atoms with Gasteiger partial charge >= 0.3 is 0 Å². The molecule has 2 aromatic carbocycles. The van der Waals surface area contributed by atoms with E-state index in [2.05, 4.69) is 21.2 Å². The van der Waals surface area contributed by atoms with E-state index >= 15 is 0 Å². The maximum atomic E-state index is 12.5. The van der Waals surface area contributed by atoms with E-state index in [4.69, 9.17) is 15.2 Å². The highest BCUT2D eigenvalue weighted by atomic mass is 79.9. The lowest BCUT2D eigenvalue weighted by molar-refractivity contribution is -0.119. The summed E-state index contributed by atoms with van der Waals surface area (Å²) in [5.41, 5.74) is 6.47. The lowest BCUT2D eigenvalue weighted by Gasteiger charge is -2.16. The number of hydrogen-bond donors (Lipinski definition) is 2. The minimum Gasteiger partial charge on any atom is -0.493 e. The molecule has 132 valence electrons. The molecular weight excluding hydrogens is 388 g/mol. The van der Waals surface area contributed by atoms with Crippen LogP contribution in [0.15, 0.2) is 46.9 Å². The van der Waals surface area contributed by atoms with Crippen molar-refractivity contribution in [3.8, 4) is 11.5 Å². The molecule has 0 heterocycles. The van der Waals surface area contributed by atoms with Gasteiger partial charge in [-0.15, -0.1) is 0 Å². The van der Waals surface area contributed by atoms with E-state index in [1.807, 2.05) is 31.2 Å². The minimum atomic E-state index is -0.591. The molecule has 0 bridgehead atoms. The predicted octanol–water partition coefficient (Wildman–Crippen LogP) is 2.81. The zero-order valence-corrected chi connectivity index (χ0v) is 15.5. The van der Waals surface area contributed by atoms with Crippen molar-refractivity contribution in [1.82, 2.24) is 5.32 Å². The molecule has 0 aliphatic heterocycles. The van der Waals surface area contributed by atoms with Gasteiger partial charge in [-0.25, -0.2) is 0 Å². The van der Waals surface area contributed by atoms with Crippen molar-refractivity contribution in [2.45, 2.75) is 13.0 Å². The Balaban J connectivity index is 2.10. The van der Waals surface area contributed by atoms with Gasteiger partial charge in [0, 0.05) is 10.0 Å². The number of nitrogens with two attached hydrogens (primary N) is 1. The summed E-state index contributed by atoms with van der Waals surface area (Å²) < 4.78 is 11.4. The van der Waals surface area contributed by atoms with Crippen LogP contribution in [-0.2, 0) is 4.79 Å². The van der Waals surface area contributed by atoms with Gasteiger partial charge in [-0.05, 0) is 42.8 Å².